The number of hydrogen-bond donors (Lipinski definition) is 2. The normalized spacial score (nSPS) is 14.9. The first-order chi connectivity index (χ1) is 7.92. The zero-order valence-corrected chi connectivity index (χ0v) is 11.8. The Morgan fingerprint density at radius 1 is 1.29 bits per heavy atom. The molecule has 0 aromatic rings. The number of oxime groups is 1. The summed E-state index contributed by atoms with van der Waals surface area (Å²) in [6.07, 6.45) is 0.857. The largest absolute Gasteiger partial charge is 0.409 e. The molecule has 0 rings (SSSR count). The van der Waals surface area contributed by atoms with Gasteiger partial charge < -0.3 is 15.8 Å². The maximum atomic E-state index is 8.82. The molecule has 0 radical (unpaired) electrons. The van der Waals surface area contributed by atoms with Crippen molar-refractivity contribution in [3.8, 4) is 0 Å². The first-order valence-electron chi connectivity index (χ1n) is 6.28. The number of hydrogen-bond acceptors (Lipinski definition) is 4. The lowest BCUT2D eigenvalue weighted by molar-refractivity contribution is 0.187. The van der Waals surface area contributed by atoms with Gasteiger partial charge in [-0.3, -0.25) is 4.90 Å². The van der Waals surface area contributed by atoms with E-state index in [0.29, 0.717) is 11.8 Å². The van der Waals surface area contributed by atoms with Crippen LogP contribution in [-0.2, 0) is 0 Å². The van der Waals surface area contributed by atoms with Gasteiger partial charge >= 0.3 is 0 Å². The highest BCUT2D eigenvalue weighted by atomic mass is 16.4. The molecule has 0 saturated heterocycles. The predicted octanol–water partition coefficient (Wildman–Crippen LogP) is 1.03. The highest BCUT2D eigenvalue weighted by Crippen LogP contribution is 2.08. The fourth-order valence-electron chi connectivity index (χ4n) is 1.89. The maximum absolute atomic E-state index is 8.82. The number of rotatable bonds is 8. The van der Waals surface area contributed by atoms with Crippen molar-refractivity contribution in [1.82, 2.24) is 9.80 Å². The minimum Gasteiger partial charge on any atom is -0.409 e. The summed E-state index contributed by atoms with van der Waals surface area (Å²) in [7, 11) is 4.11. The van der Waals surface area contributed by atoms with Gasteiger partial charge in [0.15, 0.2) is 5.84 Å². The second kappa shape index (κ2) is 8.31. The standard InChI is InChI=1S/C12H28N4O/c1-6-11(12(13)14-17)16(9-10(2)3)8-7-15(4)5/h10-11,17H,6-9H2,1-5H3,(H2,13,14). The lowest BCUT2D eigenvalue weighted by Crippen LogP contribution is -2.48. The lowest BCUT2D eigenvalue weighted by Gasteiger charge is -2.32. The zero-order chi connectivity index (χ0) is 13.4. The molecule has 17 heavy (non-hydrogen) atoms. The van der Waals surface area contributed by atoms with Gasteiger partial charge in [0.05, 0.1) is 6.04 Å². The van der Waals surface area contributed by atoms with Gasteiger partial charge in [-0.05, 0) is 26.4 Å². The third kappa shape index (κ3) is 6.48. The average molecular weight is 244 g/mol. The monoisotopic (exact) mass is 244 g/mol. The number of likely N-dealkylation sites (N-methyl/N-ethyl adjacent to an activating group) is 1. The minimum absolute atomic E-state index is 0.0300. The van der Waals surface area contributed by atoms with Gasteiger partial charge in [0.25, 0.3) is 0 Å². The molecule has 0 heterocycles. The van der Waals surface area contributed by atoms with E-state index in [-0.39, 0.29) is 6.04 Å². The van der Waals surface area contributed by atoms with Crippen molar-refractivity contribution < 1.29 is 5.21 Å². The Morgan fingerprint density at radius 2 is 1.88 bits per heavy atom. The van der Waals surface area contributed by atoms with Crippen LogP contribution >= 0.6 is 0 Å². The van der Waals surface area contributed by atoms with E-state index in [1.165, 1.54) is 0 Å². The molecule has 0 aliphatic heterocycles. The quantitative estimate of drug-likeness (QED) is 0.290. The summed E-state index contributed by atoms with van der Waals surface area (Å²) in [5, 5.41) is 12.0. The molecule has 0 aromatic heterocycles. The van der Waals surface area contributed by atoms with E-state index < -0.39 is 0 Å². The Kier molecular flexibility index (Phi) is 7.91. The second-order valence-corrected chi connectivity index (χ2v) is 5.14. The Balaban J connectivity index is 4.62. The van der Waals surface area contributed by atoms with Crippen LogP contribution in [0.15, 0.2) is 5.16 Å². The number of nitrogens with zero attached hydrogens (tertiary/aromatic N) is 3. The Labute approximate surface area is 105 Å². The van der Waals surface area contributed by atoms with Gasteiger partial charge in [0.2, 0.25) is 0 Å². The van der Waals surface area contributed by atoms with Crippen molar-refractivity contribution in [1.29, 1.82) is 0 Å². The molecule has 0 aliphatic rings. The maximum Gasteiger partial charge on any atom is 0.156 e. The summed E-state index contributed by atoms with van der Waals surface area (Å²) in [5.41, 5.74) is 5.76. The van der Waals surface area contributed by atoms with Crippen molar-refractivity contribution in [3.05, 3.63) is 0 Å². The van der Waals surface area contributed by atoms with Crippen molar-refractivity contribution in [3.63, 3.8) is 0 Å². The van der Waals surface area contributed by atoms with Crippen LogP contribution in [-0.4, -0.2) is 60.6 Å². The van der Waals surface area contributed by atoms with E-state index in [1.54, 1.807) is 0 Å². The van der Waals surface area contributed by atoms with Gasteiger partial charge in [-0.1, -0.05) is 25.9 Å². The summed E-state index contributed by atoms with van der Waals surface area (Å²) in [6.45, 7) is 9.29. The minimum atomic E-state index is 0.0300. The van der Waals surface area contributed by atoms with Gasteiger partial charge in [-0.15, -0.1) is 0 Å². The highest BCUT2D eigenvalue weighted by molar-refractivity contribution is 5.85. The summed E-state index contributed by atoms with van der Waals surface area (Å²) in [5.74, 6) is 0.879. The zero-order valence-electron chi connectivity index (χ0n) is 11.8. The van der Waals surface area contributed by atoms with Crippen LogP contribution in [0.5, 0.6) is 0 Å². The lowest BCUT2D eigenvalue weighted by atomic mass is 10.1. The van der Waals surface area contributed by atoms with E-state index >= 15 is 0 Å². The molecule has 1 atom stereocenters. The van der Waals surface area contributed by atoms with Gasteiger partial charge in [-0.2, -0.15) is 0 Å². The third-order valence-electron chi connectivity index (χ3n) is 2.72. The Morgan fingerprint density at radius 3 is 2.24 bits per heavy atom. The van der Waals surface area contributed by atoms with Crippen LogP contribution in [0.3, 0.4) is 0 Å². The predicted molar refractivity (Wildman–Crippen MR) is 72.5 cm³/mol. The topological polar surface area (TPSA) is 65.1 Å². The van der Waals surface area contributed by atoms with Crippen LogP contribution in [0.1, 0.15) is 27.2 Å². The Hall–Kier alpha value is -0.810. The second-order valence-electron chi connectivity index (χ2n) is 5.14. The number of amidine groups is 1. The average Bonchev–Trinajstić information content (AvgIpc) is 2.25. The molecule has 5 heteroatoms. The molecule has 0 aromatic carbocycles. The van der Waals surface area contributed by atoms with E-state index in [0.717, 1.165) is 26.1 Å². The molecule has 0 bridgehead atoms. The third-order valence-corrected chi connectivity index (χ3v) is 2.72. The summed E-state index contributed by atoms with van der Waals surface area (Å²) < 4.78 is 0. The number of nitrogens with two attached hydrogens (primary N) is 1. The van der Waals surface area contributed by atoms with E-state index in [4.69, 9.17) is 10.9 Å². The fraction of sp³-hybridized carbons (Fsp3) is 0.917. The van der Waals surface area contributed by atoms with Crippen molar-refractivity contribution in [2.45, 2.75) is 33.2 Å². The Bertz CT molecular complexity index is 229. The van der Waals surface area contributed by atoms with Crippen molar-refractivity contribution in [2.24, 2.45) is 16.8 Å². The van der Waals surface area contributed by atoms with Crippen LogP contribution < -0.4 is 5.73 Å². The molecular formula is C12H28N4O. The molecule has 102 valence electrons. The van der Waals surface area contributed by atoms with E-state index in [1.807, 2.05) is 0 Å². The van der Waals surface area contributed by atoms with Crippen LogP contribution in [0, 0.1) is 5.92 Å². The summed E-state index contributed by atoms with van der Waals surface area (Å²) in [4.78, 5) is 4.44. The van der Waals surface area contributed by atoms with Gasteiger partial charge in [0, 0.05) is 19.6 Å². The molecule has 0 fully saturated rings. The first-order valence-corrected chi connectivity index (χ1v) is 6.28. The van der Waals surface area contributed by atoms with Crippen molar-refractivity contribution in [2.75, 3.05) is 33.7 Å². The van der Waals surface area contributed by atoms with Crippen LogP contribution in [0.2, 0.25) is 0 Å². The van der Waals surface area contributed by atoms with Gasteiger partial charge in [0.1, 0.15) is 0 Å². The highest BCUT2D eigenvalue weighted by Gasteiger charge is 2.21. The molecule has 0 aliphatic carbocycles. The van der Waals surface area contributed by atoms with E-state index in [9.17, 15) is 0 Å². The summed E-state index contributed by atoms with van der Waals surface area (Å²) >= 11 is 0. The fourth-order valence-corrected chi connectivity index (χ4v) is 1.89. The van der Waals surface area contributed by atoms with Gasteiger partial charge in [-0.25, -0.2) is 0 Å². The molecular weight excluding hydrogens is 216 g/mol. The summed E-state index contributed by atoms with van der Waals surface area (Å²) in [6, 6.07) is 0.0300. The SMILES string of the molecule is CCC(C(N)=NO)N(CCN(C)C)CC(C)C. The van der Waals surface area contributed by atoms with E-state index in [2.05, 4.69) is 49.8 Å². The molecule has 0 amide bonds. The molecule has 0 spiro atoms. The van der Waals surface area contributed by atoms with Crippen LogP contribution in [0.25, 0.3) is 0 Å². The first kappa shape index (κ1) is 16.2. The molecule has 0 saturated carbocycles. The smallest absolute Gasteiger partial charge is 0.156 e. The molecule has 1 unspecified atom stereocenters. The molecule has 5 nitrogen and oxygen atoms in total. The molecule has 3 N–H and O–H groups in total. The van der Waals surface area contributed by atoms with Crippen LogP contribution in [0.4, 0.5) is 0 Å². The van der Waals surface area contributed by atoms with Crippen molar-refractivity contribution >= 4 is 5.84 Å².